The van der Waals surface area contributed by atoms with Gasteiger partial charge in [0.05, 0.1) is 0 Å². The zero-order chi connectivity index (χ0) is 0. The maximum absolute atomic E-state index is 0. The van der Waals surface area contributed by atoms with Crippen molar-refractivity contribution in [2.45, 2.75) is 0 Å². The molecule has 0 fully saturated rings. The van der Waals surface area contributed by atoms with Crippen LogP contribution >= 0.6 is 12.4 Å². The first-order chi connectivity index (χ1) is 0. The predicted octanol–water partition coefficient (Wildman–Crippen LogP) is -5.57. The summed E-state index contributed by atoms with van der Waals surface area (Å²) >= 11 is 0. The van der Waals surface area contributed by atoms with Gasteiger partial charge in [-0.15, -0.1) is 12.4 Å². The van der Waals surface area contributed by atoms with Crippen molar-refractivity contribution >= 4 is 12.4 Å². The van der Waals surface area contributed by atoms with E-state index >= 15 is 0 Å². The van der Waals surface area contributed by atoms with Gasteiger partial charge in [0.25, 0.3) is 0 Å². The molecule has 0 aliphatic rings. The second-order valence-electron chi connectivity index (χ2n) is 0. The van der Waals surface area contributed by atoms with Crippen LogP contribution < -0.4 is 24.8 Å². The molecule has 4 heavy (non-hydrogen) atoms. The number of halogens is 3. The second kappa shape index (κ2) is 26.6. The standard InChI is InChI=1S/3ClH.Ni/h3*1H;/q;;;+2/p-2. The molecule has 0 bridgehead atoms. The normalized spacial score (nSPS) is 0. The van der Waals surface area contributed by atoms with Gasteiger partial charge < -0.3 is 24.8 Å². The van der Waals surface area contributed by atoms with Gasteiger partial charge in [0.15, 0.2) is 0 Å². The number of rotatable bonds is 0. The monoisotopic (exact) mass is 164 g/mol. The van der Waals surface area contributed by atoms with Crippen molar-refractivity contribution in [2.24, 2.45) is 0 Å². The van der Waals surface area contributed by atoms with Crippen LogP contribution in [0.5, 0.6) is 0 Å². The van der Waals surface area contributed by atoms with E-state index < -0.39 is 0 Å². The molecule has 0 heterocycles. The molecule has 4 heteroatoms. The third kappa shape index (κ3) is 10.1. The SMILES string of the molecule is Cl.[Cl-].[Cl-].[Ni+2]. The Hall–Kier alpha value is 1.36. The van der Waals surface area contributed by atoms with Gasteiger partial charge in [-0.05, 0) is 0 Å². The van der Waals surface area contributed by atoms with Crippen molar-refractivity contribution in [1.82, 2.24) is 0 Å². The Morgan fingerprint density at radius 1 is 0.750 bits per heavy atom. The Labute approximate surface area is 53.9 Å². The first-order valence-corrected chi connectivity index (χ1v) is 0. The Morgan fingerprint density at radius 3 is 0.750 bits per heavy atom. The summed E-state index contributed by atoms with van der Waals surface area (Å²) in [6.45, 7) is 0. The fraction of sp³-hybridized carbons (Fsp3) is 0. The third-order valence-corrected chi connectivity index (χ3v) is 0. The number of hydrogen-bond donors (Lipinski definition) is 0. The fourth-order valence-electron chi connectivity index (χ4n) is 0. The molecule has 0 nitrogen and oxygen atoms in total. The molecule has 0 aliphatic heterocycles. The Morgan fingerprint density at radius 2 is 0.750 bits per heavy atom. The van der Waals surface area contributed by atoms with Crippen molar-refractivity contribution in [3.63, 3.8) is 0 Å². The van der Waals surface area contributed by atoms with Gasteiger partial charge in [-0.2, -0.15) is 0 Å². The van der Waals surface area contributed by atoms with Crippen molar-refractivity contribution in [2.75, 3.05) is 0 Å². The van der Waals surface area contributed by atoms with Crippen molar-refractivity contribution in [3.8, 4) is 0 Å². The summed E-state index contributed by atoms with van der Waals surface area (Å²) in [6, 6.07) is 0. The van der Waals surface area contributed by atoms with Crippen LogP contribution in [0.25, 0.3) is 0 Å². The molecule has 0 rings (SSSR count). The van der Waals surface area contributed by atoms with Crippen LogP contribution in [0.3, 0.4) is 0 Å². The molecule has 0 atom stereocenters. The van der Waals surface area contributed by atoms with E-state index in [0.717, 1.165) is 0 Å². The quantitative estimate of drug-likeness (QED) is 0.315. The smallest absolute Gasteiger partial charge is 1.00 e. The van der Waals surface area contributed by atoms with Crippen LogP contribution in [0.4, 0.5) is 0 Å². The minimum Gasteiger partial charge on any atom is -1.00 e. The molecule has 0 saturated heterocycles. The Balaban J connectivity index is 0. The Kier molecular flexibility index (Phi) is 365. The van der Waals surface area contributed by atoms with E-state index in [1.54, 1.807) is 0 Å². The Bertz CT molecular complexity index is 3.25. The first kappa shape index (κ1) is 54.9. The van der Waals surface area contributed by atoms with Crippen LogP contribution in [0.2, 0.25) is 0 Å². The van der Waals surface area contributed by atoms with Gasteiger partial charge in [-0.3, -0.25) is 0 Å². The fourth-order valence-corrected chi connectivity index (χ4v) is 0. The second-order valence-corrected chi connectivity index (χ2v) is 0. The van der Waals surface area contributed by atoms with E-state index in [0.29, 0.717) is 0 Å². The van der Waals surface area contributed by atoms with Gasteiger partial charge in [0.1, 0.15) is 0 Å². The zero-order valence-corrected chi connectivity index (χ0v) is 4.80. The molecular formula is HCl3Ni. The maximum Gasteiger partial charge on any atom is 2.00 e. The van der Waals surface area contributed by atoms with Crippen molar-refractivity contribution in [1.29, 1.82) is 0 Å². The molecule has 0 aliphatic carbocycles. The van der Waals surface area contributed by atoms with Crippen molar-refractivity contribution < 1.29 is 41.3 Å². The summed E-state index contributed by atoms with van der Waals surface area (Å²) in [4.78, 5) is 0. The molecule has 32 valence electrons. The molecule has 0 unspecified atom stereocenters. The van der Waals surface area contributed by atoms with Gasteiger partial charge in [0, 0.05) is 0 Å². The van der Waals surface area contributed by atoms with E-state index in [2.05, 4.69) is 0 Å². The predicted molar refractivity (Wildman–Crippen MR) is 7.25 cm³/mol. The molecule has 0 amide bonds. The van der Waals surface area contributed by atoms with Crippen LogP contribution in [0.1, 0.15) is 0 Å². The average Bonchev–Trinajstić information content (AvgIpc) is 0. The van der Waals surface area contributed by atoms with Crippen molar-refractivity contribution in [3.05, 3.63) is 0 Å². The molecule has 0 aromatic heterocycles. The zero-order valence-electron chi connectivity index (χ0n) is 1.48. The van der Waals surface area contributed by atoms with E-state index in [1.807, 2.05) is 0 Å². The molecule has 0 N–H and O–H groups in total. The summed E-state index contributed by atoms with van der Waals surface area (Å²) in [5, 5.41) is 0. The van der Waals surface area contributed by atoms with Crippen LogP contribution in [0.15, 0.2) is 0 Å². The molecule has 0 spiro atoms. The van der Waals surface area contributed by atoms with Crippen LogP contribution in [-0.2, 0) is 16.5 Å². The summed E-state index contributed by atoms with van der Waals surface area (Å²) in [5.74, 6) is 0. The summed E-state index contributed by atoms with van der Waals surface area (Å²) in [7, 11) is 0. The summed E-state index contributed by atoms with van der Waals surface area (Å²) < 4.78 is 0. The van der Waals surface area contributed by atoms with E-state index in [4.69, 9.17) is 0 Å². The largest absolute Gasteiger partial charge is 2.00 e. The van der Waals surface area contributed by atoms with Gasteiger partial charge in [0.2, 0.25) is 0 Å². The van der Waals surface area contributed by atoms with Gasteiger partial charge in [-0.1, -0.05) is 0 Å². The molecular weight excluding hydrogens is 165 g/mol. The minimum absolute atomic E-state index is 0. The van der Waals surface area contributed by atoms with E-state index in [9.17, 15) is 0 Å². The average molecular weight is 166 g/mol. The molecule has 0 radical (unpaired) electrons. The van der Waals surface area contributed by atoms with E-state index in [1.165, 1.54) is 0 Å². The first-order valence-electron chi connectivity index (χ1n) is 0. The topological polar surface area (TPSA) is 0 Å². The maximum atomic E-state index is 0. The number of hydrogen-bond acceptors (Lipinski definition) is 0. The molecule has 0 aromatic rings. The van der Waals surface area contributed by atoms with Gasteiger partial charge >= 0.3 is 16.5 Å². The van der Waals surface area contributed by atoms with Crippen LogP contribution in [-0.4, -0.2) is 0 Å². The summed E-state index contributed by atoms with van der Waals surface area (Å²) in [5.41, 5.74) is 0. The summed E-state index contributed by atoms with van der Waals surface area (Å²) in [6.07, 6.45) is 0. The third-order valence-electron chi connectivity index (χ3n) is 0. The molecule has 0 aromatic carbocycles. The van der Waals surface area contributed by atoms with E-state index in [-0.39, 0.29) is 53.7 Å². The van der Waals surface area contributed by atoms with Crippen LogP contribution in [0, 0.1) is 0 Å². The van der Waals surface area contributed by atoms with Gasteiger partial charge in [-0.25, -0.2) is 0 Å². The molecule has 0 saturated carbocycles. The minimum atomic E-state index is 0.